The second kappa shape index (κ2) is 7.53. The summed E-state index contributed by atoms with van der Waals surface area (Å²) in [5, 5.41) is 3.31. The van der Waals surface area contributed by atoms with E-state index in [2.05, 4.69) is 15.0 Å². The van der Waals surface area contributed by atoms with Gasteiger partial charge in [-0.3, -0.25) is 4.90 Å². The molecule has 0 amide bonds. The summed E-state index contributed by atoms with van der Waals surface area (Å²) in [6.45, 7) is 2.84. The van der Waals surface area contributed by atoms with Crippen molar-refractivity contribution in [2.24, 2.45) is 0 Å². The van der Waals surface area contributed by atoms with Crippen molar-refractivity contribution in [1.82, 2.24) is 10.2 Å². The van der Waals surface area contributed by atoms with Crippen molar-refractivity contribution >= 4 is 18.4 Å². The van der Waals surface area contributed by atoms with Gasteiger partial charge < -0.3 is 14.5 Å². The van der Waals surface area contributed by atoms with Crippen molar-refractivity contribution in [2.75, 3.05) is 27.2 Å². The highest BCUT2D eigenvalue weighted by molar-refractivity contribution is 5.88. The SMILES string of the molecule is CNC1CCCN(Cc2cc(C(=O)OC)co2)C1.Cl. The zero-order valence-electron chi connectivity index (χ0n) is 11.3. The van der Waals surface area contributed by atoms with Gasteiger partial charge in [-0.15, -0.1) is 12.4 Å². The fourth-order valence-corrected chi connectivity index (χ4v) is 2.34. The molecule has 2 rings (SSSR count). The van der Waals surface area contributed by atoms with Gasteiger partial charge in [0.2, 0.25) is 0 Å². The largest absolute Gasteiger partial charge is 0.467 e. The van der Waals surface area contributed by atoms with E-state index in [-0.39, 0.29) is 18.4 Å². The maximum Gasteiger partial charge on any atom is 0.341 e. The number of ether oxygens (including phenoxy) is 1. The summed E-state index contributed by atoms with van der Waals surface area (Å²) in [5.41, 5.74) is 0.481. The summed E-state index contributed by atoms with van der Waals surface area (Å²) in [6.07, 6.45) is 3.87. The summed E-state index contributed by atoms with van der Waals surface area (Å²) in [7, 11) is 3.37. The maximum atomic E-state index is 11.3. The predicted molar refractivity (Wildman–Crippen MR) is 74.7 cm³/mol. The first kappa shape index (κ1) is 16.0. The second-order valence-corrected chi connectivity index (χ2v) is 4.66. The molecule has 0 bridgehead atoms. The van der Waals surface area contributed by atoms with Gasteiger partial charge in [0.15, 0.2) is 0 Å². The molecule has 1 saturated heterocycles. The topological polar surface area (TPSA) is 54.7 Å². The number of nitrogens with one attached hydrogen (secondary N) is 1. The van der Waals surface area contributed by atoms with Gasteiger partial charge in [0.1, 0.15) is 12.0 Å². The zero-order valence-corrected chi connectivity index (χ0v) is 12.2. The molecule has 0 radical (unpaired) electrons. The number of halogens is 1. The molecule has 1 atom stereocenters. The van der Waals surface area contributed by atoms with Crippen molar-refractivity contribution in [3.05, 3.63) is 23.7 Å². The molecule has 1 aliphatic rings. The number of hydrogen-bond donors (Lipinski definition) is 1. The minimum Gasteiger partial charge on any atom is -0.467 e. The smallest absolute Gasteiger partial charge is 0.341 e. The average molecular weight is 289 g/mol. The molecular weight excluding hydrogens is 268 g/mol. The summed E-state index contributed by atoms with van der Waals surface area (Å²) in [5.74, 6) is 0.462. The van der Waals surface area contributed by atoms with Crippen LogP contribution in [0.4, 0.5) is 0 Å². The van der Waals surface area contributed by atoms with Crippen molar-refractivity contribution in [3.63, 3.8) is 0 Å². The van der Waals surface area contributed by atoms with Gasteiger partial charge in [0, 0.05) is 12.6 Å². The van der Waals surface area contributed by atoms with Crippen LogP contribution < -0.4 is 5.32 Å². The molecule has 0 aliphatic carbocycles. The van der Waals surface area contributed by atoms with Crippen LogP contribution in [0.1, 0.15) is 29.0 Å². The van der Waals surface area contributed by atoms with E-state index >= 15 is 0 Å². The molecule has 0 aromatic carbocycles. The Hall–Kier alpha value is -1.04. The van der Waals surface area contributed by atoms with Crippen LogP contribution in [-0.4, -0.2) is 44.2 Å². The number of piperidine rings is 1. The summed E-state index contributed by atoms with van der Waals surface area (Å²) < 4.78 is 10.0. The first-order valence-corrected chi connectivity index (χ1v) is 6.28. The number of carbonyl (C=O) groups excluding carboxylic acids is 1. The molecule has 6 heteroatoms. The molecule has 1 aliphatic heterocycles. The Kier molecular flexibility index (Phi) is 6.34. The number of likely N-dealkylation sites (N-methyl/N-ethyl adjacent to an activating group) is 1. The van der Waals surface area contributed by atoms with E-state index in [1.165, 1.54) is 26.2 Å². The van der Waals surface area contributed by atoms with Crippen LogP contribution in [0.25, 0.3) is 0 Å². The number of hydrogen-bond acceptors (Lipinski definition) is 5. The van der Waals surface area contributed by atoms with Gasteiger partial charge in [-0.1, -0.05) is 0 Å². The Morgan fingerprint density at radius 3 is 3.11 bits per heavy atom. The molecule has 19 heavy (non-hydrogen) atoms. The van der Waals surface area contributed by atoms with E-state index in [1.54, 1.807) is 6.07 Å². The lowest BCUT2D eigenvalue weighted by molar-refractivity contribution is 0.0600. The molecule has 5 nitrogen and oxygen atoms in total. The van der Waals surface area contributed by atoms with Crippen LogP contribution in [0.5, 0.6) is 0 Å². The Labute approximate surface area is 119 Å². The third kappa shape index (κ3) is 4.23. The first-order chi connectivity index (χ1) is 8.72. The second-order valence-electron chi connectivity index (χ2n) is 4.66. The highest BCUT2D eigenvalue weighted by Gasteiger charge is 2.20. The standard InChI is InChI=1S/C13H20N2O3.ClH/c1-14-11-4-3-5-15(7-11)8-12-6-10(9-18-12)13(16)17-2;/h6,9,11,14H,3-5,7-8H2,1-2H3;1H. The van der Waals surface area contributed by atoms with E-state index in [9.17, 15) is 4.79 Å². The third-order valence-corrected chi connectivity index (χ3v) is 3.37. The first-order valence-electron chi connectivity index (χ1n) is 6.28. The lowest BCUT2D eigenvalue weighted by Crippen LogP contribution is -2.43. The normalized spacial score (nSPS) is 19.8. The molecule has 0 saturated carbocycles. The fourth-order valence-electron chi connectivity index (χ4n) is 2.34. The van der Waals surface area contributed by atoms with Crippen LogP contribution in [0.3, 0.4) is 0 Å². The van der Waals surface area contributed by atoms with Crippen LogP contribution in [0.2, 0.25) is 0 Å². The minimum atomic E-state index is -0.350. The molecular formula is C13H21ClN2O3. The molecule has 108 valence electrons. The molecule has 1 aromatic heterocycles. The van der Waals surface area contributed by atoms with Crippen LogP contribution in [-0.2, 0) is 11.3 Å². The van der Waals surface area contributed by atoms with Crippen LogP contribution in [0, 0.1) is 0 Å². The van der Waals surface area contributed by atoms with Crippen molar-refractivity contribution in [1.29, 1.82) is 0 Å². The monoisotopic (exact) mass is 288 g/mol. The van der Waals surface area contributed by atoms with Crippen molar-refractivity contribution < 1.29 is 13.9 Å². The van der Waals surface area contributed by atoms with Crippen LogP contribution in [0.15, 0.2) is 16.7 Å². The number of methoxy groups -OCH3 is 1. The third-order valence-electron chi connectivity index (χ3n) is 3.37. The minimum absolute atomic E-state index is 0. The summed E-state index contributed by atoms with van der Waals surface area (Å²) >= 11 is 0. The molecule has 1 aromatic rings. The number of rotatable bonds is 4. The van der Waals surface area contributed by atoms with E-state index in [4.69, 9.17) is 4.42 Å². The van der Waals surface area contributed by atoms with Gasteiger partial charge >= 0.3 is 5.97 Å². The molecule has 0 spiro atoms. The Morgan fingerprint density at radius 1 is 1.63 bits per heavy atom. The van der Waals surface area contributed by atoms with E-state index < -0.39 is 0 Å². The Balaban J connectivity index is 0.00000180. The molecule has 1 N–H and O–H groups in total. The molecule has 1 fully saturated rings. The van der Waals surface area contributed by atoms with Crippen molar-refractivity contribution in [3.8, 4) is 0 Å². The zero-order chi connectivity index (χ0) is 13.0. The quantitative estimate of drug-likeness (QED) is 0.854. The number of carbonyl (C=O) groups is 1. The van der Waals surface area contributed by atoms with Crippen molar-refractivity contribution in [2.45, 2.75) is 25.4 Å². The highest BCUT2D eigenvalue weighted by atomic mass is 35.5. The van der Waals surface area contributed by atoms with Gasteiger partial charge in [0.25, 0.3) is 0 Å². The van der Waals surface area contributed by atoms with Gasteiger partial charge in [-0.25, -0.2) is 4.79 Å². The maximum absolute atomic E-state index is 11.3. The lowest BCUT2D eigenvalue weighted by Gasteiger charge is -2.31. The van der Waals surface area contributed by atoms with E-state index in [0.717, 1.165) is 25.4 Å². The lowest BCUT2D eigenvalue weighted by atomic mass is 10.1. The number of nitrogens with zero attached hydrogens (tertiary/aromatic N) is 1. The van der Waals surface area contributed by atoms with Gasteiger partial charge in [-0.2, -0.15) is 0 Å². The fraction of sp³-hybridized carbons (Fsp3) is 0.615. The van der Waals surface area contributed by atoms with E-state index in [1.807, 2.05) is 7.05 Å². The van der Waals surface area contributed by atoms with Crippen LogP contribution >= 0.6 is 12.4 Å². The number of esters is 1. The van der Waals surface area contributed by atoms with Gasteiger partial charge in [0.05, 0.1) is 19.2 Å². The highest BCUT2D eigenvalue weighted by Crippen LogP contribution is 2.16. The Morgan fingerprint density at radius 2 is 2.42 bits per heavy atom. The molecule has 2 heterocycles. The molecule has 1 unspecified atom stereocenters. The van der Waals surface area contributed by atoms with Gasteiger partial charge in [-0.05, 0) is 32.5 Å². The summed E-state index contributed by atoms with van der Waals surface area (Å²) in [6, 6.07) is 2.31. The summed E-state index contributed by atoms with van der Waals surface area (Å²) in [4.78, 5) is 13.6. The Bertz CT molecular complexity index is 408. The number of furan rings is 1. The average Bonchev–Trinajstić information content (AvgIpc) is 2.86. The van der Waals surface area contributed by atoms with E-state index in [0.29, 0.717) is 11.6 Å². The predicted octanol–water partition coefficient (Wildman–Crippen LogP) is 1.67. The number of likely N-dealkylation sites (tertiary alicyclic amines) is 1.